The van der Waals surface area contributed by atoms with Crippen molar-refractivity contribution in [2.75, 3.05) is 24.6 Å². The molecule has 5 heterocycles. The average Bonchev–Trinajstić information content (AvgIpc) is 3.59. The summed E-state index contributed by atoms with van der Waals surface area (Å²) in [5.74, 6) is 0.679. The van der Waals surface area contributed by atoms with E-state index in [-0.39, 0.29) is 23.4 Å². The molecule has 5 rings (SSSR count). The van der Waals surface area contributed by atoms with Gasteiger partial charge in [-0.05, 0) is 78.1 Å². The molecular formula is C27H35F3N8O2S. The second kappa shape index (κ2) is 10.9. The Morgan fingerprint density at radius 3 is 2.73 bits per heavy atom. The lowest BCUT2D eigenvalue weighted by Gasteiger charge is -2.33. The number of alkyl halides is 3. The summed E-state index contributed by atoms with van der Waals surface area (Å²) < 4.78 is 51.4. The predicted molar refractivity (Wildman–Crippen MR) is 149 cm³/mol. The smallest absolute Gasteiger partial charge is 0.397 e. The maximum absolute atomic E-state index is 13.5. The third-order valence-electron chi connectivity index (χ3n) is 7.54. The monoisotopic (exact) mass is 592 g/mol. The van der Waals surface area contributed by atoms with Crippen molar-refractivity contribution in [2.24, 2.45) is 5.41 Å². The van der Waals surface area contributed by atoms with Crippen molar-refractivity contribution in [2.45, 2.75) is 76.7 Å². The molecule has 1 saturated heterocycles. The van der Waals surface area contributed by atoms with Crippen LogP contribution < -0.4 is 19.7 Å². The van der Waals surface area contributed by atoms with E-state index in [0.717, 1.165) is 50.4 Å². The van der Waals surface area contributed by atoms with Crippen molar-refractivity contribution in [3.05, 3.63) is 41.9 Å². The summed E-state index contributed by atoms with van der Waals surface area (Å²) in [6, 6.07) is 5.06. The molecular weight excluding hydrogens is 557 g/mol. The summed E-state index contributed by atoms with van der Waals surface area (Å²) in [6.45, 7) is 10.0. The van der Waals surface area contributed by atoms with Crippen LogP contribution in [0.4, 0.5) is 19.0 Å². The Kier molecular flexibility index (Phi) is 7.74. The molecule has 0 saturated carbocycles. The number of ether oxygens (including phenoxy) is 1. The highest BCUT2D eigenvalue weighted by Crippen LogP contribution is 2.38. The van der Waals surface area contributed by atoms with Gasteiger partial charge in [0.2, 0.25) is 5.88 Å². The molecule has 1 unspecified atom stereocenters. The van der Waals surface area contributed by atoms with Crippen molar-refractivity contribution in [3.63, 3.8) is 0 Å². The van der Waals surface area contributed by atoms with Crippen LogP contribution in [0.15, 0.2) is 35.5 Å². The summed E-state index contributed by atoms with van der Waals surface area (Å²) in [6.07, 6.45) is 0.875. The number of hydrogen-bond donors (Lipinski definition) is 2. The van der Waals surface area contributed by atoms with Crippen LogP contribution in [0.3, 0.4) is 0 Å². The molecule has 4 bridgehead atoms. The van der Waals surface area contributed by atoms with Crippen LogP contribution in [0.5, 0.6) is 5.88 Å². The quantitative estimate of drug-likeness (QED) is 0.427. The largest absolute Gasteiger partial charge is 0.476 e. The van der Waals surface area contributed by atoms with Crippen LogP contribution in [0, 0.1) is 12.3 Å². The van der Waals surface area contributed by atoms with Crippen LogP contribution in [-0.4, -0.2) is 67.9 Å². The number of fused-ring (bicyclic) bond motifs is 6. The molecule has 1 atom stereocenters. The van der Waals surface area contributed by atoms with Gasteiger partial charge in [-0.2, -0.15) is 18.3 Å². The summed E-state index contributed by atoms with van der Waals surface area (Å²) in [7, 11) is 0. The number of aryl methyl sites for hydroxylation is 2. The lowest BCUT2D eigenvalue weighted by atomic mass is 9.94. The van der Waals surface area contributed by atoms with Gasteiger partial charge in [0.25, 0.3) is 5.91 Å². The van der Waals surface area contributed by atoms with Crippen molar-refractivity contribution in [1.82, 2.24) is 34.6 Å². The Morgan fingerprint density at radius 1 is 1.20 bits per heavy atom. The number of hydrogen-bond acceptors (Lipinski definition) is 8. The fraction of sp³-hybridized carbons (Fsp3) is 0.556. The first-order chi connectivity index (χ1) is 19.2. The van der Waals surface area contributed by atoms with E-state index < -0.39 is 18.2 Å². The fourth-order valence-corrected chi connectivity index (χ4v) is 5.65. The van der Waals surface area contributed by atoms with Gasteiger partial charge in [-0.15, -0.1) is 5.10 Å². The number of nitrogens with one attached hydrogen (secondary N) is 2. The first-order valence-electron chi connectivity index (χ1n) is 13.5. The second-order valence-electron chi connectivity index (χ2n) is 11.8. The van der Waals surface area contributed by atoms with E-state index in [4.69, 9.17) is 9.72 Å². The molecule has 222 valence electrons. The van der Waals surface area contributed by atoms with Gasteiger partial charge in [-0.25, -0.2) is 9.67 Å². The Hall–Kier alpha value is -3.26. The van der Waals surface area contributed by atoms with Gasteiger partial charge in [0.05, 0.1) is 21.6 Å². The number of anilines is 1. The topological polar surface area (TPSA) is 102 Å². The third kappa shape index (κ3) is 6.17. The van der Waals surface area contributed by atoms with Crippen LogP contribution >= 0.6 is 11.9 Å². The minimum atomic E-state index is -4.41. The zero-order chi connectivity index (χ0) is 29.6. The number of aromatic nitrogens is 5. The van der Waals surface area contributed by atoms with Gasteiger partial charge in [-0.1, -0.05) is 0 Å². The highest BCUT2D eigenvalue weighted by atomic mass is 32.2. The van der Waals surface area contributed by atoms with Gasteiger partial charge in [0.15, 0.2) is 5.82 Å². The molecule has 0 radical (unpaired) electrons. The molecule has 2 aliphatic rings. The summed E-state index contributed by atoms with van der Waals surface area (Å²) in [4.78, 5) is 21.4. The lowest BCUT2D eigenvalue weighted by molar-refractivity contribution is -0.219. The van der Waals surface area contributed by atoms with Crippen LogP contribution in [0.1, 0.15) is 56.6 Å². The predicted octanol–water partition coefficient (Wildman–Crippen LogP) is 4.53. The molecule has 0 aliphatic carbocycles. The van der Waals surface area contributed by atoms with E-state index in [0.29, 0.717) is 23.7 Å². The molecule has 0 spiro atoms. The van der Waals surface area contributed by atoms with E-state index in [2.05, 4.69) is 39.0 Å². The summed E-state index contributed by atoms with van der Waals surface area (Å²) >= 11 is 1.22. The highest BCUT2D eigenvalue weighted by molar-refractivity contribution is 7.98. The first-order valence-corrected chi connectivity index (χ1v) is 14.3. The molecule has 14 heteroatoms. The Labute approximate surface area is 241 Å². The van der Waals surface area contributed by atoms with E-state index in [1.165, 1.54) is 22.7 Å². The molecule has 10 nitrogen and oxygen atoms in total. The molecule has 1 amide bonds. The standard InChI is InChI=1S/C27H35F3N8O2S/c1-17-20-15-36(33-17)11-6-10-31-18-13-26(4,5)37(14-18)23-19(24(39)35-41-20)7-8-21(32-23)38-12-9-22(34-38)40-16-25(2,3)27(28,29)30/h7-9,12,15,18,31H,6,10-11,13-14,16H2,1-5H3,(H,35,39). The summed E-state index contributed by atoms with van der Waals surface area (Å²) in [5.41, 5.74) is -1.08. The number of amides is 1. The number of carbonyl (C=O) groups is 1. The minimum Gasteiger partial charge on any atom is -0.476 e. The van der Waals surface area contributed by atoms with Crippen molar-refractivity contribution in [1.29, 1.82) is 0 Å². The van der Waals surface area contributed by atoms with Crippen LogP contribution in [-0.2, 0) is 6.54 Å². The number of rotatable bonds is 4. The number of carbonyl (C=O) groups excluding carboxylic acids is 1. The number of pyridine rings is 1. The Balaban J connectivity index is 1.46. The molecule has 41 heavy (non-hydrogen) atoms. The molecule has 1 fully saturated rings. The van der Waals surface area contributed by atoms with Crippen molar-refractivity contribution >= 4 is 23.7 Å². The SMILES string of the molecule is Cc1nn2cc1SNC(=O)c1ccc(-n3ccc(OCC(C)(C)C(F)(F)F)n3)nc1N1CC(CC1(C)C)NCCC2. The maximum atomic E-state index is 13.5. The van der Waals surface area contributed by atoms with E-state index in [9.17, 15) is 18.0 Å². The van der Waals surface area contributed by atoms with Crippen LogP contribution in [0.25, 0.3) is 5.82 Å². The molecule has 2 aliphatic heterocycles. The maximum Gasteiger partial charge on any atom is 0.397 e. The summed E-state index contributed by atoms with van der Waals surface area (Å²) in [5, 5.41) is 12.5. The normalized spacial score (nSPS) is 19.8. The molecule has 0 aromatic carbocycles. The number of nitrogens with zero attached hydrogens (tertiary/aromatic N) is 6. The average molecular weight is 593 g/mol. The van der Waals surface area contributed by atoms with Gasteiger partial charge in [0.1, 0.15) is 12.4 Å². The molecule has 2 N–H and O–H groups in total. The van der Waals surface area contributed by atoms with Crippen molar-refractivity contribution < 1.29 is 22.7 Å². The molecule has 3 aromatic rings. The Bertz CT molecular complexity index is 1420. The van der Waals surface area contributed by atoms with E-state index >= 15 is 0 Å². The van der Waals surface area contributed by atoms with Gasteiger partial charge in [0, 0.05) is 43.1 Å². The zero-order valence-electron chi connectivity index (χ0n) is 23.7. The number of halogens is 3. The fourth-order valence-electron chi connectivity index (χ4n) is 4.97. The van der Waals surface area contributed by atoms with E-state index in [1.54, 1.807) is 18.3 Å². The third-order valence-corrected chi connectivity index (χ3v) is 8.45. The van der Waals surface area contributed by atoms with Crippen molar-refractivity contribution in [3.8, 4) is 11.7 Å². The zero-order valence-corrected chi connectivity index (χ0v) is 24.6. The molecule has 3 aromatic heterocycles. The lowest BCUT2D eigenvalue weighted by Crippen LogP contribution is -2.40. The van der Waals surface area contributed by atoms with E-state index in [1.807, 2.05) is 17.8 Å². The van der Waals surface area contributed by atoms with Gasteiger partial charge >= 0.3 is 6.18 Å². The van der Waals surface area contributed by atoms with Gasteiger partial charge in [-0.3, -0.25) is 14.2 Å². The highest BCUT2D eigenvalue weighted by Gasteiger charge is 2.48. The van der Waals surface area contributed by atoms with Gasteiger partial charge < -0.3 is 15.0 Å². The Morgan fingerprint density at radius 2 is 1.98 bits per heavy atom. The van der Waals surface area contributed by atoms with Crippen LogP contribution in [0.2, 0.25) is 0 Å². The minimum absolute atomic E-state index is 0.0519. The second-order valence-corrected chi connectivity index (χ2v) is 12.7. The first kappa shape index (κ1) is 29.2.